The van der Waals surface area contributed by atoms with E-state index in [4.69, 9.17) is 4.74 Å². The Labute approximate surface area is 126 Å². The second-order valence-electron chi connectivity index (χ2n) is 5.91. The Kier molecular flexibility index (Phi) is 5.62. The van der Waals surface area contributed by atoms with E-state index < -0.39 is 5.60 Å². The van der Waals surface area contributed by atoms with Gasteiger partial charge < -0.3 is 15.2 Å². The van der Waals surface area contributed by atoms with Gasteiger partial charge in [0.1, 0.15) is 5.75 Å². The van der Waals surface area contributed by atoms with Crippen LogP contribution in [-0.4, -0.2) is 30.3 Å². The second kappa shape index (κ2) is 7.46. The van der Waals surface area contributed by atoms with Crippen LogP contribution in [0.1, 0.15) is 44.1 Å². The Hall–Kier alpha value is -1.55. The number of amides is 1. The largest absolute Gasteiger partial charge is 0.497 e. The number of ether oxygens (including phenoxy) is 1. The summed E-state index contributed by atoms with van der Waals surface area (Å²) in [5, 5.41) is 13.2. The van der Waals surface area contributed by atoms with Crippen molar-refractivity contribution in [3.05, 3.63) is 29.8 Å². The number of hydrogen-bond donors (Lipinski definition) is 2. The molecule has 0 radical (unpaired) electrons. The fourth-order valence-corrected chi connectivity index (χ4v) is 2.79. The van der Waals surface area contributed by atoms with E-state index in [0.717, 1.165) is 37.0 Å². The Morgan fingerprint density at radius 1 is 1.24 bits per heavy atom. The molecule has 21 heavy (non-hydrogen) atoms. The third-order valence-electron chi connectivity index (χ3n) is 4.20. The standard InChI is InChI=1S/C17H25NO3/c1-21-15-8-5-14(6-9-15)7-10-16(19)18-13-17(20)11-3-2-4-12-17/h5-6,8-9,20H,2-4,7,10-13H2,1H3,(H,18,19). The van der Waals surface area contributed by atoms with Crippen LogP contribution in [-0.2, 0) is 11.2 Å². The molecule has 2 N–H and O–H groups in total. The van der Waals surface area contributed by atoms with Gasteiger partial charge in [-0.15, -0.1) is 0 Å². The first-order valence-corrected chi connectivity index (χ1v) is 7.73. The third-order valence-corrected chi connectivity index (χ3v) is 4.20. The zero-order valence-electron chi connectivity index (χ0n) is 12.7. The summed E-state index contributed by atoms with van der Waals surface area (Å²) >= 11 is 0. The Morgan fingerprint density at radius 3 is 2.52 bits per heavy atom. The normalized spacial score (nSPS) is 17.2. The van der Waals surface area contributed by atoms with Gasteiger partial charge in [0, 0.05) is 13.0 Å². The highest BCUT2D eigenvalue weighted by molar-refractivity contribution is 5.76. The van der Waals surface area contributed by atoms with E-state index in [1.807, 2.05) is 24.3 Å². The molecule has 1 aromatic carbocycles. The summed E-state index contributed by atoms with van der Waals surface area (Å²) in [5.41, 5.74) is 0.427. The van der Waals surface area contributed by atoms with E-state index in [-0.39, 0.29) is 5.91 Å². The van der Waals surface area contributed by atoms with Crippen molar-refractivity contribution in [2.75, 3.05) is 13.7 Å². The van der Waals surface area contributed by atoms with Crippen LogP contribution in [0, 0.1) is 0 Å². The molecule has 116 valence electrons. The lowest BCUT2D eigenvalue weighted by Gasteiger charge is -2.32. The van der Waals surface area contributed by atoms with Gasteiger partial charge in [-0.1, -0.05) is 31.4 Å². The Bertz CT molecular complexity index is 450. The molecule has 1 aliphatic rings. The number of methoxy groups -OCH3 is 1. The maximum atomic E-state index is 11.9. The summed E-state index contributed by atoms with van der Waals surface area (Å²) in [6.07, 6.45) is 6.04. The first-order chi connectivity index (χ1) is 10.1. The zero-order valence-corrected chi connectivity index (χ0v) is 12.7. The summed E-state index contributed by atoms with van der Waals surface area (Å²) in [5.74, 6) is 0.826. The molecule has 0 bridgehead atoms. The van der Waals surface area contributed by atoms with Gasteiger partial charge in [0.05, 0.1) is 12.7 Å². The maximum absolute atomic E-state index is 11.9. The summed E-state index contributed by atoms with van der Waals surface area (Å²) < 4.78 is 5.10. The molecule has 1 fully saturated rings. The molecule has 0 atom stereocenters. The summed E-state index contributed by atoms with van der Waals surface area (Å²) in [6.45, 7) is 0.383. The van der Waals surface area contributed by atoms with Crippen LogP contribution in [0.15, 0.2) is 24.3 Å². The van der Waals surface area contributed by atoms with Gasteiger partial charge in [-0.2, -0.15) is 0 Å². The molecule has 0 aliphatic heterocycles. The molecule has 0 aromatic heterocycles. The quantitative estimate of drug-likeness (QED) is 0.846. The van der Waals surface area contributed by atoms with E-state index in [1.54, 1.807) is 7.11 Å². The van der Waals surface area contributed by atoms with Crippen LogP contribution in [0.2, 0.25) is 0 Å². The molecular formula is C17H25NO3. The van der Waals surface area contributed by atoms with Crippen molar-refractivity contribution in [2.24, 2.45) is 0 Å². The first-order valence-electron chi connectivity index (χ1n) is 7.73. The molecule has 0 saturated heterocycles. The number of nitrogens with one attached hydrogen (secondary N) is 1. The first kappa shape index (κ1) is 15.8. The zero-order chi connectivity index (χ0) is 15.1. The minimum Gasteiger partial charge on any atom is -0.497 e. The van der Waals surface area contributed by atoms with Gasteiger partial charge >= 0.3 is 0 Å². The Balaban J connectivity index is 1.71. The van der Waals surface area contributed by atoms with Crippen LogP contribution in [0.5, 0.6) is 5.75 Å². The van der Waals surface area contributed by atoms with Crippen LogP contribution in [0.25, 0.3) is 0 Å². The van der Waals surface area contributed by atoms with Gasteiger partial charge in [-0.25, -0.2) is 0 Å². The van der Waals surface area contributed by atoms with E-state index >= 15 is 0 Å². The van der Waals surface area contributed by atoms with Crippen LogP contribution in [0.3, 0.4) is 0 Å². The highest BCUT2D eigenvalue weighted by Crippen LogP contribution is 2.27. The average molecular weight is 291 g/mol. The maximum Gasteiger partial charge on any atom is 0.220 e. The Morgan fingerprint density at radius 2 is 1.90 bits per heavy atom. The van der Waals surface area contributed by atoms with Gasteiger partial charge in [0.2, 0.25) is 5.91 Å². The number of aryl methyl sites for hydroxylation is 1. The number of rotatable bonds is 6. The highest BCUT2D eigenvalue weighted by Gasteiger charge is 2.29. The molecule has 0 heterocycles. The van der Waals surface area contributed by atoms with Crippen molar-refractivity contribution < 1.29 is 14.6 Å². The molecule has 0 unspecified atom stereocenters. The highest BCUT2D eigenvalue weighted by atomic mass is 16.5. The lowest BCUT2D eigenvalue weighted by molar-refractivity contribution is -0.122. The lowest BCUT2D eigenvalue weighted by Crippen LogP contribution is -2.44. The number of hydrogen-bond acceptors (Lipinski definition) is 3. The van der Waals surface area contributed by atoms with Crippen molar-refractivity contribution >= 4 is 5.91 Å². The molecule has 1 aromatic rings. The number of carbonyl (C=O) groups excluding carboxylic acids is 1. The summed E-state index contributed by atoms with van der Waals surface area (Å²) in [6, 6.07) is 7.75. The molecular weight excluding hydrogens is 266 g/mol. The fourth-order valence-electron chi connectivity index (χ4n) is 2.79. The lowest BCUT2D eigenvalue weighted by atomic mass is 9.85. The molecule has 4 heteroatoms. The SMILES string of the molecule is COc1ccc(CCC(=O)NCC2(O)CCCCC2)cc1. The predicted octanol–water partition coefficient (Wildman–Crippen LogP) is 2.44. The van der Waals surface area contributed by atoms with Crippen LogP contribution < -0.4 is 10.1 Å². The van der Waals surface area contributed by atoms with Gasteiger partial charge in [0.25, 0.3) is 0 Å². The molecule has 4 nitrogen and oxygen atoms in total. The minimum atomic E-state index is -0.686. The van der Waals surface area contributed by atoms with Gasteiger partial charge in [0.15, 0.2) is 0 Å². The molecule has 0 spiro atoms. The molecule has 1 saturated carbocycles. The van der Waals surface area contributed by atoms with E-state index in [9.17, 15) is 9.90 Å². The van der Waals surface area contributed by atoms with Crippen molar-refractivity contribution in [1.29, 1.82) is 0 Å². The molecule has 1 amide bonds. The van der Waals surface area contributed by atoms with Gasteiger partial charge in [-0.3, -0.25) is 4.79 Å². The van der Waals surface area contributed by atoms with Crippen LogP contribution >= 0.6 is 0 Å². The van der Waals surface area contributed by atoms with Crippen molar-refractivity contribution in [3.8, 4) is 5.75 Å². The predicted molar refractivity (Wildman–Crippen MR) is 82.4 cm³/mol. The van der Waals surface area contributed by atoms with Gasteiger partial charge in [-0.05, 0) is 37.0 Å². The van der Waals surface area contributed by atoms with E-state index in [2.05, 4.69) is 5.32 Å². The van der Waals surface area contributed by atoms with Crippen molar-refractivity contribution in [2.45, 2.75) is 50.5 Å². The molecule has 1 aliphatic carbocycles. The average Bonchev–Trinajstić information content (AvgIpc) is 2.52. The van der Waals surface area contributed by atoms with Crippen molar-refractivity contribution in [1.82, 2.24) is 5.32 Å². The summed E-state index contributed by atoms with van der Waals surface area (Å²) in [4.78, 5) is 11.9. The third kappa shape index (κ3) is 5.05. The number of benzene rings is 1. The van der Waals surface area contributed by atoms with Crippen LogP contribution in [0.4, 0.5) is 0 Å². The monoisotopic (exact) mass is 291 g/mol. The topological polar surface area (TPSA) is 58.6 Å². The second-order valence-corrected chi connectivity index (χ2v) is 5.91. The van der Waals surface area contributed by atoms with E-state index in [0.29, 0.717) is 19.4 Å². The molecule has 2 rings (SSSR count). The fraction of sp³-hybridized carbons (Fsp3) is 0.588. The smallest absolute Gasteiger partial charge is 0.220 e. The minimum absolute atomic E-state index is 0.00446. The summed E-state index contributed by atoms with van der Waals surface area (Å²) in [7, 11) is 1.64. The van der Waals surface area contributed by atoms with Crippen molar-refractivity contribution in [3.63, 3.8) is 0 Å². The van der Waals surface area contributed by atoms with E-state index in [1.165, 1.54) is 6.42 Å². The number of aliphatic hydroxyl groups is 1. The number of carbonyl (C=O) groups is 1.